The number of hydrogen-bond donors (Lipinski definition) is 1. The zero-order valence-electron chi connectivity index (χ0n) is 12.5. The summed E-state index contributed by atoms with van der Waals surface area (Å²) in [5.41, 5.74) is 0.735. The molecule has 1 aromatic rings. The predicted molar refractivity (Wildman–Crippen MR) is 81.5 cm³/mol. The molecule has 0 radical (unpaired) electrons. The van der Waals surface area contributed by atoms with Crippen LogP contribution in [-0.4, -0.2) is 25.5 Å². The number of nitriles is 1. The molecule has 1 unspecified atom stereocenters. The van der Waals surface area contributed by atoms with E-state index >= 15 is 0 Å². The van der Waals surface area contributed by atoms with E-state index in [4.69, 9.17) is 5.26 Å². The monoisotopic (exact) mass is 304 g/mol. The smallest absolute Gasteiger partial charge is 0.146 e. The number of rotatable bonds is 4. The van der Waals surface area contributed by atoms with Gasteiger partial charge in [-0.2, -0.15) is 5.26 Å². The van der Waals surface area contributed by atoms with E-state index in [2.05, 4.69) is 35.2 Å². The van der Waals surface area contributed by atoms with Crippen molar-refractivity contribution in [1.82, 2.24) is 9.97 Å². The Kier molecular flexibility index (Phi) is 3.70. The molecule has 1 saturated carbocycles. The van der Waals surface area contributed by atoms with Crippen molar-refractivity contribution in [3.63, 3.8) is 0 Å². The van der Waals surface area contributed by atoms with Gasteiger partial charge < -0.3 is 5.32 Å². The number of hydrogen-bond acceptors (Lipinski definition) is 5. The molecule has 0 amide bonds. The summed E-state index contributed by atoms with van der Waals surface area (Å²) in [5, 5.41) is 12.5. The van der Waals surface area contributed by atoms with Gasteiger partial charge in [0.25, 0.3) is 0 Å². The molecule has 1 aliphatic heterocycles. The van der Waals surface area contributed by atoms with Crippen molar-refractivity contribution in [2.24, 2.45) is 0 Å². The largest absolute Gasteiger partial charge is 0.362 e. The van der Waals surface area contributed by atoms with Crippen molar-refractivity contribution in [2.45, 2.75) is 62.3 Å². The van der Waals surface area contributed by atoms with Gasteiger partial charge in [-0.25, -0.2) is 9.97 Å². The van der Waals surface area contributed by atoms with Crippen LogP contribution in [0.5, 0.6) is 0 Å². The molecule has 2 aliphatic rings. The van der Waals surface area contributed by atoms with E-state index in [1.807, 2.05) is 0 Å². The van der Waals surface area contributed by atoms with Gasteiger partial charge in [0, 0.05) is 18.1 Å². The minimum absolute atomic E-state index is 0.183. The minimum Gasteiger partial charge on any atom is -0.362 e. The fourth-order valence-electron chi connectivity index (χ4n) is 2.91. The average Bonchev–Trinajstić information content (AvgIpc) is 2.78. The van der Waals surface area contributed by atoms with E-state index < -0.39 is 10.8 Å². The second-order valence-electron chi connectivity index (χ2n) is 6.25. The third-order valence-corrected chi connectivity index (χ3v) is 5.79. The van der Waals surface area contributed by atoms with Gasteiger partial charge in [-0.05, 0) is 19.3 Å². The highest BCUT2D eigenvalue weighted by Crippen LogP contribution is 2.40. The molecule has 5 nitrogen and oxygen atoms in total. The standard InChI is InChI=1S/C15H20N4OS/c1-10(2)13-17-11-4-9-21(20)12(11)14(18-13)19-15(7-8-16)5-3-6-15/h10H,3-7,9H2,1-2H3,(H,17,18,19). The van der Waals surface area contributed by atoms with Crippen LogP contribution in [0.2, 0.25) is 0 Å². The van der Waals surface area contributed by atoms with E-state index in [9.17, 15) is 4.21 Å². The zero-order chi connectivity index (χ0) is 15.0. The Labute approximate surface area is 127 Å². The molecule has 0 saturated heterocycles. The Morgan fingerprint density at radius 1 is 1.43 bits per heavy atom. The highest BCUT2D eigenvalue weighted by atomic mass is 32.2. The fourth-order valence-corrected chi connectivity index (χ4v) is 4.22. The summed E-state index contributed by atoms with van der Waals surface area (Å²) in [6.45, 7) is 4.12. The van der Waals surface area contributed by atoms with Crippen LogP contribution in [0.25, 0.3) is 0 Å². The van der Waals surface area contributed by atoms with Crippen LogP contribution in [0.3, 0.4) is 0 Å². The highest BCUT2D eigenvalue weighted by Gasteiger charge is 2.39. The topological polar surface area (TPSA) is 78.7 Å². The van der Waals surface area contributed by atoms with Gasteiger partial charge in [0.05, 0.1) is 34.5 Å². The molecule has 0 bridgehead atoms. The zero-order valence-corrected chi connectivity index (χ0v) is 13.3. The van der Waals surface area contributed by atoms with Gasteiger partial charge in [-0.1, -0.05) is 13.8 Å². The van der Waals surface area contributed by atoms with Gasteiger partial charge in [0.2, 0.25) is 0 Å². The first-order chi connectivity index (χ1) is 10.0. The fraction of sp³-hybridized carbons (Fsp3) is 0.667. The van der Waals surface area contributed by atoms with Crippen molar-refractivity contribution in [3.05, 3.63) is 11.5 Å². The maximum absolute atomic E-state index is 12.2. The van der Waals surface area contributed by atoms with Gasteiger partial charge in [-0.3, -0.25) is 4.21 Å². The van der Waals surface area contributed by atoms with Crippen LogP contribution < -0.4 is 5.32 Å². The van der Waals surface area contributed by atoms with Crippen molar-refractivity contribution in [3.8, 4) is 6.07 Å². The lowest BCUT2D eigenvalue weighted by atomic mass is 9.74. The molecule has 1 N–H and O–H groups in total. The summed E-state index contributed by atoms with van der Waals surface area (Å²) >= 11 is 0. The quantitative estimate of drug-likeness (QED) is 0.924. The van der Waals surface area contributed by atoms with Gasteiger partial charge in [0.15, 0.2) is 0 Å². The third kappa shape index (κ3) is 2.55. The van der Waals surface area contributed by atoms with Crippen LogP contribution >= 0.6 is 0 Å². The van der Waals surface area contributed by atoms with E-state index in [-0.39, 0.29) is 11.5 Å². The lowest BCUT2D eigenvalue weighted by Crippen LogP contribution is -2.45. The SMILES string of the molecule is CC(C)c1nc2c(c(NC3(CC#N)CCC3)n1)S(=O)CC2. The first kappa shape index (κ1) is 14.5. The number of fused-ring (bicyclic) bond motifs is 1. The highest BCUT2D eigenvalue weighted by molar-refractivity contribution is 7.85. The maximum Gasteiger partial charge on any atom is 0.146 e. The first-order valence-corrected chi connectivity index (χ1v) is 8.81. The van der Waals surface area contributed by atoms with Crippen LogP contribution in [-0.2, 0) is 17.2 Å². The molecule has 1 aromatic heterocycles. The Hall–Kier alpha value is -1.48. The summed E-state index contributed by atoms with van der Waals surface area (Å²) in [7, 11) is -1.02. The van der Waals surface area contributed by atoms with Gasteiger partial charge >= 0.3 is 0 Å². The second kappa shape index (κ2) is 5.38. The number of aromatic nitrogens is 2. The van der Waals surface area contributed by atoms with Gasteiger partial charge in [-0.15, -0.1) is 0 Å². The first-order valence-electron chi connectivity index (χ1n) is 7.49. The molecule has 2 heterocycles. The summed E-state index contributed by atoms with van der Waals surface area (Å²) in [5.74, 6) is 2.36. The van der Waals surface area contributed by atoms with Crippen molar-refractivity contribution < 1.29 is 4.21 Å². The molecule has 6 heteroatoms. The van der Waals surface area contributed by atoms with E-state index in [1.54, 1.807) is 0 Å². The predicted octanol–water partition coefficient (Wildman–Crippen LogP) is 2.51. The minimum atomic E-state index is -1.02. The van der Waals surface area contributed by atoms with Crippen LogP contribution in [0.1, 0.15) is 57.0 Å². The Morgan fingerprint density at radius 3 is 2.76 bits per heavy atom. The normalized spacial score (nSPS) is 22.5. The van der Waals surface area contributed by atoms with E-state index in [1.165, 1.54) is 0 Å². The van der Waals surface area contributed by atoms with E-state index in [0.29, 0.717) is 18.0 Å². The Bertz CT molecular complexity index is 631. The molecule has 1 aliphatic carbocycles. The number of aryl methyl sites for hydroxylation is 1. The molecular weight excluding hydrogens is 284 g/mol. The molecule has 1 fully saturated rings. The maximum atomic E-state index is 12.2. The molecule has 0 aromatic carbocycles. The second-order valence-corrected chi connectivity index (χ2v) is 7.76. The number of nitrogens with zero attached hydrogens (tertiary/aromatic N) is 3. The van der Waals surface area contributed by atoms with Crippen LogP contribution in [0.4, 0.5) is 5.82 Å². The Morgan fingerprint density at radius 2 is 2.19 bits per heavy atom. The van der Waals surface area contributed by atoms with E-state index in [0.717, 1.165) is 42.1 Å². The average molecular weight is 304 g/mol. The van der Waals surface area contributed by atoms with Crippen LogP contribution in [0, 0.1) is 11.3 Å². The summed E-state index contributed by atoms with van der Waals surface area (Å²) < 4.78 is 12.2. The van der Waals surface area contributed by atoms with Crippen molar-refractivity contribution in [2.75, 3.05) is 11.1 Å². The van der Waals surface area contributed by atoms with Crippen molar-refractivity contribution in [1.29, 1.82) is 5.26 Å². The Balaban J connectivity index is 2.01. The lowest BCUT2D eigenvalue weighted by molar-refractivity contribution is 0.282. The van der Waals surface area contributed by atoms with Crippen molar-refractivity contribution >= 4 is 16.6 Å². The number of anilines is 1. The molecule has 0 spiro atoms. The molecular formula is C15H20N4OS. The summed E-state index contributed by atoms with van der Waals surface area (Å²) in [6, 6.07) is 2.27. The molecule has 112 valence electrons. The molecule has 1 atom stereocenters. The van der Waals surface area contributed by atoms with Gasteiger partial charge in [0.1, 0.15) is 16.5 Å². The third-order valence-electron chi connectivity index (χ3n) is 4.33. The molecule has 3 rings (SSSR count). The molecule has 21 heavy (non-hydrogen) atoms. The van der Waals surface area contributed by atoms with Crippen LogP contribution in [0.15, 0.2) is 4.90 Å². The summed E-state index contributed by atoms with van der Waals surface area (Å²) in [6.07, 6.45) is 4.30. The summed E-state index contributed by atoms with van der Waals surface area (Å²) in [4.78, 5) is 9.96. The lowest BCUT2D eigenvalue weighted by Gasteiger charge is -2.41. The number of nitrogens with one attached hydrogen (secondary N) is 1.